The summed E-state index contributed by atoms with van der Waals surface area (Å²) in [7, 11) is 0.350. The monoisotopic (exact) mass is 282 g/mol. The molecule has 1 aromatic rings. The molecule has 1 fully saturated rings. The molecule has 0 bridgehead atoms. The number of nitrogens with zero attached hydrogens (tertiary/aromatic N) is 2. The Labute approximate surface area is 122 Å². The van der Waals surface area contributed by atoms with Crippen molar-refractivity contribution in [3.05, 3.63) is 35.4 Å². The first-order valence-corrected chi connectivity index (χ1v) is 6.16. The Morgan fingerprint density at radius 1 is 1.14 bits per heavy atom. The second kappa shape index (κ2) is 6.60. The van der Waals surface area contributed by atoms with Gasteiger partial charge in [-0.3, -0.25) is 14.5 Å². The van der Waals surface area contributed by atoms with E-state index in [1.165, 1.54) is 4.90 Å². The van der Waals surface area contributed by atoms with Crippen molar-refractivity contribution in [2.24, 2.45) is 0 Å². The van der Waals surface area contributed by atoms with Crippen molar-refractivity contribution in [1.29, 1.82) is 5.26 Å². The third kappa shape index (κ3) is 4.10. The van der Waals surface area contributed by atoms with Gasteiger partial charge in [-0.25, -0.2) is 0 Å². The minimum absolute atomic E-state index is 0.0118. The second-order valence-corrected chi connectivity index (χ2v) is 4.41. The number of likely N-dealkylation sites (N-methyl/N-ethyl adjacent to an activating group) is 1. The predicted octanol–water partition coefficient (Wildman–Crippen LogP) is -0.0310. The van der Waals surface area contributed by atoms with E-state index in [0.29, 0.717) is 11.1 Å². The SMILES string of the molecule is CN1CC(=O)OB(C#Cc2ccccc2C#N)OC(=O)C1. The highest BCUT2D eigenvalue weighted by molar-refractivity contribution is 6.58. The molecule has 1 aliphatic heterocycles. The van der Waals surface area contributed by atoms with Gasteiger partial charge in [0, 0.05) is 5.56 Å². The normalized spacial score (nSPS) is 15.7. The van der Waals surface area contributed by atoms with Crippen molar-refractivity contribution in [2.75, 3.05) is 20.1 Å². The van der Waals surface area contributed by atoms with Gasteiger partial charge in [0.05, 0.1) is 18.7 Å². The first-order valence-electron chi connectivity index (χ1n) is 6.16. The van der Waals surface area contributed by atoms with Gasteiger partial charge in [-0.1, -0.05) is 18.1 Å². The van der Waals surface area contributed by atoms with E-state index in [2.05, 4.69) is 11.7 Å². The molecule has 0 spiro atoms. The van der Waals surface area contributed by atoms with Crippen LogP contribution in [-0.4, -0.2) is 44.1 Å². The summed E-state index contributed by atoms with van der Waals surface area (Å²) in [5.74, 6) is 4.18. The van der Waals surface area contributed by atoms with E-state index in [4.69, 9.17) is 14.6 Å². The van der Waals surface area contributed by atoms with E-state index < -0.39 is 19.1 Å². The molecule has 0 atom stereocenters. The molecule has 0 radical (unpaired) electrons. The molecule has 2 rings (SSSR count). The zero-order valence-corrected chi connectivity index (χ0v) is 11.3. The Morgan fingerprint density at radius 3 is 2.29 bits per heavy atom. The molecule has 1 aromatic carbocycles. The minimum atomic E-state index is -1.26. The molecule has 104 valence electrons. The first kappa shape index (κ1) is 14.6. The largest absolute Gasteiger partial charge is 0.694 e. The van der Waals surface area contributed by atoms with Gasteiger partial charge >= 0.3 is 19.1 Å². The summed E-state index contributed by atoms with van der Waals surface area (Å²) < 4.78 is 9.89. The highest BCUT2D eigenvalue weighted by Gasteiger charge is 2.30. The quantitative estimate of drug-likeness (QED) is 0.491. The van der Waals surface area contributed by atoms with Crippen LogP contribution in [-0.2, 0) is 18.9 Å². The molecule has 6 nitrogen and oxygen atoms in total. The summed E-state index contributed by atoms with van der Waals surface area (Å²) in [6.07, 6.45) is 0. The van der Waals surface area contributed by atoms with Crippen molar-refractivity contribution in [1.82, 2.24) is 4.90 Å². The van der Waals surface area contributed by atoms with Crippen LogP contribution in [0.5, 0.6) is 0 Å². The van der Waals surface area contributed by atoms with E-state index in [9.17, 15) is 9.59 Å². The number of carbonyl (C=O) groups is 2. The number of carbonyl (C=O) groups excluding carboxylic acids is 2. The van der Waals surface area contributed by atoms with Crippen LogP contribution in [0.3, 0.4) is 0 Å². The van der Waals surface area contributed by atoms with Crippen LogP contribution in [0.25, 0.3) is 0 Å². The topological polar surface area (TPSA) is 79.6 Å². The van der Waals surface area contributed by atoms with Gasteiger partial charge in [0.15, 0.2) is 0 Å². The average Bonchev–Trinajstić information content (AvgIpc) is 2.43. The maximum Gasteiger partial charge on any atom is 0.694 e. The second-order valence-electron chi connectivity index (χ2n) is 4.41. The minimum Gasteiger partial charge on any atom is -0.487 e. The lowest BCUT2D eigenvalue weighted by Crippen LogP contribution is -2.42. The summed E-state index contributed by atoms with van der Waals surface area (Å²) in [5, 5.41) is 8.96. The Balaban J connectivity index is 2.18. The van der Waals surface area contributed by atoms with Crippen molar-refractivity contribution in [3.8, 4) is 17.8 Å². The molecular formula is C14H11BN2O4. The number of nitriles is 1. The maximum atomic E-state index is 11.5. The van der Waals surface area contributed by atoms with Crippen LogP contribution in [0, 0.1) is 23.1 Å². The van der Waals surface area contributed by atoms with Crippen molar-refractivity contribution < 1.29 is 18.9 Å². The zero-order valence-electron chi connectivity index (χ0n) is 11.3. The fourth-order valence-corrected chi connectivity index (χ4v) is 1.72. The van der Waals surface area contributed by atoms with Gasteiger partial charge < -0.3 is 9.31 Å². The molecule has 0 N–H and O–H groups in total. The maximum absolute atomic E-state index is 11.5. The van der Waals surface area contributed by atoms with E-state index in [0.717, 1.165) is 0 Å². The summed E-state index contributed by atoms with van der Waals surface area (Å²) in [6.45, 7) is -0.0237. The Hall–Kier alpha value is -2.77. The molecule has 1 saturated heterocycles. The van der Waals surface area contributed by atoms with Gasteiger partial charge in [0.1, 0.15) is 6.07 Å². The van der Waals surface area contributed by atoms with Crippen molar-refractivity contribution >= 4 is 19.1 Å². The summed E-state index contributed by atoms with van der Waals surface area (Å²) in [4.78, 5) is 24.5. The molecule has 1 aliphatic rings. The van der Waals surface area contributed by atoms with Gasteiger partial charge in [-0.2, -0.15) is 5.26 Å². The van der Waals surface area contributed by atoms with E-state index in [1.807, 2.05) is 6.07 Å². The molecule has 0 saturated carbocycles. The molecular weight excluding hydrogens is 271 g/mol. The van der Waals surface area contributed by atoms with Gasteiger partial charge in [0.2, 0.25) is 0 Å². The van der Waals surface area contributed by atoms with Gasteiger partial charge in [-0.15, -0.1) is 0 Å². The van der Waals surface area contributed by atoms with E-state index >= 15 is 0 Å². The number of benzene rings is 1. The lowest BCUT2D eigenvalue weighted by Gasteiger charge is -2.20. The van der Waals surface area contributed by atoms with Crippen LogP contribution in [0.2, 0.25) is 0 Å². The summed E-state index contributed by atoms with van der Waals surface area (Å²) in [6, 6.07) is 8.73. The molecule has 0 aliphatic carbocycles. The van der Waals surface area contributed by atoms with Crippen molar-refractivity contribution in [2.45, 2.75) is 0 Å². The zero-order chi connectivity index (χ0) is 15.2. The van der Waals surface area contributed by atoms with E-state index in [1.54, 1.807) is 31.3 Å². The molecule has 1 heterocycles. The molecule has 21 heavy (non-hydrogen) atoms. The highest BCUT2D eigenvalue weighted by atomic mass is 16.6. The lowest BCUT2D eigenvalue weighted by atomic mass is 9.90. The molecule has 7 heteroatoms. The highest BCUT2D eigenvalue weighted by Crippen LogP contribution is 2.06. The van der Waals surface area contributed by atoms with E-state index in [-0.39, 0.29) is 13.1 Å². The van der Waals surface area contributed by atoms with Crippen LogP contribution in [0.4, 0.5) is 0 Å². The summed E-state index contributed by atoms with van der Waals surface area (Å²) in [5.41, 5.74) is 0.875. The fourth-order valence-electron chi connectivity index (χ4n) is 1.72. The third-order valence-corrected chi connectivity index (χ3v) is 2.65. The molecule has 0 amide bonds. The smallest absolute Gasteiger partial charge is 0.487 e. The summed E-state index contributed by atoms with van der Waals surface area (Å²) >= 11 is 0. The Bertz CT molecular complexity index is 652. The fraction of sp³-hybridized carbons (Fsp3) is 0.214. The van der Waals surface area contributed by atoms with Crippen molar-refractivity contribution in [3.63, 3.8) is 0 Å². The lowest BCUT2D eigenvalue weighted by molar-refractivity contribution is -0.145. The number of rotatable bonds is 0. The Kier molecular flexibility index (Phi) is 4.60. The first-order chi connectivity index (χ1) is 10.1. The van der Waals surface area contributed by atoms with Crippen LogP contribution < -0.4 is 0 Å². The third-order valence-electron chi connectivity index (χ3n) is 2.65. The van der Waals surface area contributed by atoms with Crippen LogP contribution >= 0.6 is 0 Å². The van der Waals surface area contributed by atoms with Gasteiger partial charge in [-0.05, 0) is 25.0 Å². The average molecular weight is 282 g/mol. The number of hydrogen-bond donors (Lipinski definition) is 0. The van der Waals surface area contributed by atoms with Crippen LogP contribution in [0.15, 0.2) is 24.3 Å². The number of hydrogen-bond acceptors (Lipinski definition) is 6. The van der Waals surface area contributed by atoms with Gasteiger partial charge in [0.25, 0.3) is 0 Å². The predicted molar refractivity (Wildman–Crippen MR) is 73.5 cm³/mol. The standard InChI is InChI=1S/C14H11BN2O4/c1-17-9-13(18)20-15(21-14(19)10-17)7-6-11-4-2-3-5-12(11)8-16/h2-5H,9-10H2,1H3. The Morgan fingerprint density at radius 2 is 1.71 bits per heavy atom. The molecule has 0 aromatic heterocycles. The van der Waals surface area contributed by atoms with Crippen LogP contribution in [0.1, 0.15) is 11.1 Å². The molecule has 0 unspecified atom stereocenters.